The molecule has 2 rings (SSSR count). The van der Waals surface area contributed by atoms with E-state index in [1.807, 2.05) is 31.2 Å². The molecule has 1 unspecified atom stereocenters. The summed E-state index contributed by atoms with van der Waals surface area (Å²) < 4.78 is 0. The van der Waals surface area contributed by atoms with E-state index in [2.05, 4.69) is 34.2 Å². The summed E-state index contributed by atoms with van der Waals surface area (Å²) in [5.41, 5.74) is 1.31. The standard InChI is InChI=1S/C17H22N2OS/c1-14(9-10-15-6-3-2-4-7-15)19-17(20)18-12-11-16-8-5-13-21-16/h2-8,13-14H,9-12H2,1H3,(H2,18,19,20). The monoisotopic (exact) mass is 302 g/mol. The molecule has 0 spiro atoms. The van der Waals surface area contributed by atoms with E-state index < -0.39 is 0 Å². The van der Waals surface area contributed by atoms with Crippen molar-refractivity contribution in [3.05, 3.63) is 58.3 Å². The Morgan fingerprint density at radius 1 is 1.14 bits per heavy atom. The van der Waals surface area contributed by atoms with Gasteiger partial charge in [-0.2, -0.15) is 0 Å². The number of hydrogen-bond donors (Lipinski definition) is 2. The molecule has 0 saturated heterocycles. The summed E-state index contributed by atoms with van der Waals surface area (Å²) in [6.07, 6.45) is 2.82. The van der Waals surface area contributed by atoms with Crippen LogP contribution in [0.1, 0.15) is 23.8 Å². The number of amides is 2. The molecular formula is C17H22N2OS. The molecule has 1 heterocycles. The van der Waals surface area contributed by atoms with Gasteiger partial charge in [0, 0.05) is 17.5 Å². The Kier molecular flexibility index (Phi) is 6.28. The molecule has 0 radical (unpaired) electrons. The highest BCUT2D eigenvalue weighted by molar-refractivity contribution is 7.09. The zero-order valence-corrected chi connectivity index (χ0v) is 13.2. The zero-order valence-electron chi connectivity index (χ0n) is 12.3. The summed E-state index contributed by atoms with van der Waals surface area (Å²) >= 11 is 1.72. The van der Waals surface area contributed by atoms with Crippen LogP contribution in [0.4, 0.5) is 4.79 Å². The predicted octanol–water partition coefficient (Wildman–Crippen LogP) is 3.61. The number of thiophene rings is 1. The average molecular weight is 302 g/mol. The molecule has 1 aromatic carbocycles. The first kappa shape index (κ1) is 15.6. The van der Waals surface area contributed by atoms with Crippen LogP contribution in [-0.2, 0) is 12.8 Å². The highest BCUT2D eigenvalue weighted by atomic mass is 32.1. The Labute approximate surface area is 130 Å². The van der Waals surface area contributed by atoms with Crippen molar-refractivity contribution < 1.29 is 4.79 Å². The molecule has 0 fully saturated rings. The summed E-state index contributed by atoms with van der Waals surface area (Å²) in [7, 11) is 0. The molecule has 0 bridgehead atoms. The molecule has 2 N–H and O–H groups in total. The fraction of sp³-hybridized carbons (Fsp3) is 0.353. The molecular weight excluding hydrogens is 280 g/mol. The van der Waals surface area contributed by atoms with Crippen LogP contribution in [-0.4, -0.2) is 18.6 Å². The fourth-order valence-electron chi connectivity index (χ4n) is 2.13. The van der Waals surface area contributed by atoms with Crippen molar-refractivity contribution in [2.24, 2.45) is 0 Å². The minimum absolute atomic E-state index is 0.0767. The molecule has 1 atom stereocenters. The largest absolute Gasteiger partial charge is 0.338 e. The number of hydrogen-bond acceptors (Lipinski definition) is 2. The Balaban J connectivity index is 1.60. The van der Waals surface area contributed by atoms with E-state index in [0.717, 1.165) is 19.3 Å². The summed E-state index contributed by atoms with van der Waals surface area (Å²) in [6, 6.07) is 14.6. The first-order valence-electron chi connectivity index (χ1n) is 7.34. The zero-order chi connectivity index (χ0) is 14.9. The lowest BCUT2D eigenvalue weighted by molar-refractivity contribution is 0.237. The van der Waals surface area contributed by atoms with Gasteiger partial charge >= 0.3 is 6.03 Å². The lowest BCUT2D eigenvalue weighted by Gasteiger charge is -2.14. The normalized spacial score (nSPS) is 11.9. The van der Waals surface area contributed by atoms with E-state index in [1.54, 1.807) is 11.3 Å². The Morgan fingerprint density at radius 2 is 1.95 bits per heavy atom. The average Bonchev–Trinajstić information content (AvgIpc) is 2.99. The Bertz CT molecular complexity index is 525. The molecule has 2 aromatic rings. The van der Waals surface area contributed by atoms with Crippen molar-refractivity contribution in [1.29, 1.82) is 0 Å². The second kappa shape index (κ2) is 8.47. The van der Waals surface area contributed by atoms with Crippen molar-refractivity contribution in [3.8, 4) is 0 Å². The number of carbonyl (C=O) groups excluding carboxylic acids is 1. The number of carbonyl (C=O) groups is 1. The van der Waals surface area contributed by atoms with Crippen molar-refractivity contribution in [2.45, 2.75) is 32.2 Å². The number of benzene rings is 1. The van der Waals surface area contributed by atoms with Gasteiger partial charge in [0.25, 0.3) is 0 Å². The van der Waals surface area contributed by atoms with Gasteiger partial charge in [-0.15, -0.1) is 11.3 Å². The van der Waals surface area contributed by atoms with Crippen molar-refractivity contribution >= 4 is 17.4 Å². The molecule has 112 valence electrons. The number of aryl methyl sites for hydroxylation is 1. The molecule has 0 saturated carbocycles. The van der Waals surface area contributed by atoms with Crippen LogP contribution in [0.3, 0.4) is 0 Å². The lowest BCUT2D eigenvalue weighted by atomic mass is 10.1. The van der Waals surface area contributed by atoms with Crippen LogP contribution >= 0.6 is 11.3 Å². The van der Waals surface area contributed by atoms with Gasteiger partial charge in [0.2, 0.25) is 0 Å². The summed E-state index contributed by atoms with van der Waals surface area (Å²) in [4.78, 5) is 13.1. The third-order valence-electron chi connectivity index (χ3n) is 3.32. The Morgan fingerprint density at radius 3 is 2.67 bits per heavy atom. The van der Waals surface area contributed by atoms with Crippen LogP contribution < -0.4 is 10.6 Å². The van der Waals surface area contributed by atoms with Gasteiger partial charge in [-0.3, -0.25) is 0 Å². The minimum Gasteiger partial charge on any atom is -0.338 e. The van der Waals surface area contributed by atoms with Gasteiger partial charge in [0.15, 0.2) is 0 Å². The third kappa shape index (κ3) is 6.00. The van der Waals surface area contributed by atoms with Gasteiger partial charge in [0.05, 0.1) is 0 Å². The predicted molar refractivity (Wildman–Crippen MR) is 88.8 cm³/mol. The number of urea groups is 1. The van der Waals surface area contributed by atoms with Crippen molar-refractivity contribution in [1.82, 2.24) is 10.6 Å². The van der Waals surface area contributed by atoms with Crippen LogP contribution in [0.5, 0.6) is 0 Å². The van der Waals surface area contributed by atoms with Crippen LogP contribution in [0, 0.1) is 0 Å². The summed E-state index contributed by atoms with van der Waals surface area (Å²) in [6.45, 7) is 2.72. The maximum atomic E-state index is 11.8. The maximum absolute atomic E-state index is 11.8. The quantitative estimate of drug-likeness (QED) is 0.806. The van der Waals surface area contributed by atoms with Gasteiger partial charge < -0.3 is 10.6 Å². The number of nitrogens with one attached hydrogen (secondary N) is 2. The van der Waals surface area contributed by atoms with E-state index in [-0.39, 0.29) is 12.1 Å². The first-order valence-corrected chi connectivity index (χ1v) is 8.22. The molecule has 3 nitrogen and oxygen atoms in total. The van der Waals surface area contributed by atoms with Gasteiger partial charge in [-0.05, 0) is 43.2 Å². The topological polar surface area (TPSA) is 41.1 Å². The van der Waals surface area contributed by atoms with Crippen molar-refractivity contribution in [2.75, 3.05) is 6.54 Å². The van der Waals surface area contributed by atoms with E-state index in [4.69, 9.17) is 0 Å². The van der Waals surface area contributed by atoms with E-state index in [1.165, 1.54) is 10.4 Å². The van der Waals surface area contributed by atoms with E-state index in [9.17, 15) is 4.79 Å². The fourth-order valence-corrected chi connectivity index (χ4v) is 2.84. The summed E-state index contributed by atoms with van der Waals surface area (Å²) in [5, 5.41) is 7.95. The van der Waals surface area contributed by atoms with Gasteiger partial charge in [-0.1, -0.05) is 36.4 Å². The number of rotatable bonds is 7. The summed E-state index contributed by atoms with van der Waals surface area (Å²) in [5.74, 6) is 0. The molecule has 0 aliphatic heterocycles. The first-order chi connectivity index (χ1) is 10.2. The van der Waals surface area contributed by atoms with E-state index in [0.29, 0.717) is 6.54 Å². The highest BCUT2D eigenvalue weighted by Gasteiger charge is 2.07. The molecule has 1 aromatic heterocycles. The van der Waals surface area contributed by atoms with Gasteiger partial charge in [0.1, 0.15) is 0 Å². The van der Waals surface area contributed by atoms with Gasteiger partial charge in [-0.25, -0.2) is 4.79 Å². The Hall–Kier alpha value is -1.81. The molecule has 21 heavy (non-hydrogen) atoms. The second-order valence-electron chi connectivity index (χ2n) is 5.15. The lowest BCUT2D eigenvalue weighted by Crippen LogP contribution is -2.41. The third-order valence-corrected chi connectivity index (χ3v) is 4.26. The second-order valence-corrected chi connectivity index (χ2v) is 6.19. The SMILES string of the molecule is CC(CCc1ccccc1)NC(=O)NCCc1cccs1. The highest BCUT2D eigenvalue weighted by Crippen LogP contribution is 2.08. The molecule has 0 aliphatic rings. The van der Waals surface area contributed by atoms with E-state index >= 15 is 0 Å². The van der Waals surface area contributed by atoms with Crippen LogP contribution in [0.2, 0.25) is 0 Å². The minimum atomic E-state index is -0.0767. The van der Waals surface area contributed by atoms with Crippen LogP contribution in [0.15, 0.2) is 47.8 Å². The molecule has 2 amide bonds. The van der Waals surface area contributed by atoms with Crippen LogP contribution in [0.25, 0.3) is 0 Å². The maximum Gasteiger partial charge on any atom is 0.315 e. The smallest absolute Gasteiger partial charge is 0.315 e. The van der Waals surface area contributed by atoms with Crippen molar-refractivity contribution in [3.63, 3.8) is 0 Å². The molecule has 4 heteroatoms. The molecule has 0 aliphatic carbocycles.